The highest BCUT2D eigenvalue weighted by molar-refractivity contribution is 5.88. The summed E-state index contributed by atoms with van der Waals surface area (Å²) in [7, 11) is 0. The minimum Gasteiger partial charge on any atom is -0.337 e. The number of carbonyl (C=O) groups excluding carboxylic acids is 1. The number of hydrogen-bond acceptors (Lipinski definition) is 3. The molecule has 1 aromatic rings. The Balaban J connectivity index is 1.83. The number of halogens is 2. The molecule has 1 unspecified atom stereocenters. The summed E-state index contributed by atoms with van der Waals surface area (Å²) in [5.74, 6) is -3.07. The van der Waals surface area contributed by atoms with Crippen molar-refractivity contribution in [3.05, 3.63) is 12.3 Å². The number of alkyl halides is 2. The first-order valence-electron chi connectivity index (χ1n) is 6.68. The van der Waals surface area contributed by atoms with Gasteiger partial charge in [0.2, 0.25) is 0 Å². The van der Waals surface area contributed by atoms with Gasteiger partial charge in [0.05, 0.1) is 12.7 Å². The van der Waals surface area contributed by atoms with Crippen molar-refractivity contribution in [2.24, 2.45) is 5.92 Å². The molecule has 0 saturated carbocycles. The fraction of sp³-hybridized carbons (Fsp3) is 0.667. The van der Waals surface area contributed by atoms with Crippen LogP contribution in [-0.2, 0) is 6.54 Å². The molecule has 20 heavy (non-hydrogen) atoms. The topological polar surface area (TPSA) is 71.0 Å². The van der Waals surface area contributed by atoms with E-state index in [9.17, 15) is 13.6 Å². The Bertz CT molecular complexity index is 462. The molecule has 8 heteroatoms. The van der Waals surface area contributed by atoms with Gasteiger partial charge < -0.3 is 10.6 Å². The average molecular weight is 287 g/mol. The Morgan fingerprint density at radius 3 is 3.15 bits per heavy atom. The van der Waals surface area contributed by atoms with Crippen molar-refractivity contribution in [2.45, 2.75) is 25.8 Å². The Labute approximate surface area is 115 Å². The molecule has 0 aliphatic carbocycles. The zero-order valence-electron chi connectivity index (χ0n) is 11.3. The van der Waals surface area contributed by atoms with Crippen LogP contribution in [0.4, 0.5) is 19.4 Å². The van der Waals surface area contributed by atoms with E-state index in [0.29, 0.717) is 25.3 Å². The molecule has 1 aliphatic heterocycles. The van der Waals surface area contributed by atoms with Crippen LogP contribution in [-0.4, -0.2) is 41.4 Å². The summed E-state index contributed by atoms with van der Waals surface area (Å²) in [6, 6.07) is 1.16. The van der Waals surface area contributed by atoms with E-state index in [-0.39, 0.29) is 13.1 Å². The summed E-state index contributed by atoms with van der Waals surface area (Å²) >= 11 is 0. The predicted molar refractivity (Wildman–Crippen MR) is 70.8 cm³/mol. The molecule has 0 spiro atoms. The van der Waals surface area contributed by atoms with Gasteiger partial charge in [0.25, 0.3) is 5.92 Å². The van der Waals surface area contributed by atoms with Gasteiger partial charge in [-0.2, -0.15) is 5.10 Å². The van der Waals surface area contributed by atoms with Gasteiger partial charge in [-0.05, 0) is 19.9 Å². The number of rotatable bonds is 4. The van der Waals surface area contributed by atoms with E-state index < -0.39 is 17.9 Å². The minimum absolute atomic E-state index is 0.0409. The summed E-state index contributed by atoms with van der Waals surface area (Å²) < 4.78 is 28.7. The number of aryl methyl sites for hydroxylation is 1. The SMILES string of the molecule is CCn1nccc1NC(=O)NCC1CCNCC1(F)F. The molecule has 6 nitrogen and oxygen atoms in total. The molecule has 1 saturated heterocycles. The number of amides is 2. The van der Waals surface area contributed by atoms with Gasteiger partial charge in [-0.15, -0.1) is 0 Å². The highest BCUT2D eigenvalue weighted by Crippen LogP contribution is 2.28. The Morgan fingerprint density at radius 1 is 1.65 bits per heavy atom. The smallest absolute Gasteiger partial charge is 0.320 e. The molecule has 1 atom stereocenters. The first-order valence-corrected chi connectivity index (χ1v) is 6.68. The van der Waals surface area contributed by atoms with Crippen molar-refractivity contribution in [1.29, 1.82) is 0 Å². The third-order valence-corrected chi connectivity index (χ3v) is 3.39. The second-order valence-corrected chi connectivity index (χ2v) is 4.79. The number of urea groups is 1. The molecule has 2 amide bonds. The summed E-state index contributed by atoms with van der Waals surface area (Å²) in [6.07, 6.45) is 1.92. The lowest BCUT2D eigenvalue weighted by molar-refractivity contribution is -0.0709. The fourth-order valence-electron chi connectivity index (χ4n) is 2.21. The fourth-order valence-corrected chi connectivity index (χ4v) is 2.21. The van der Waals surface area contributed by atoms with E-state index in [1.165, 1.54) is 0 Å². The van der Waals surface area contributed by atoms with Crippen molar-refractivity contribution in [3.8, 4) is 0 Å². The van der Waals surface area contributed by atoms with E-state index in [4.69, 9.17) is 0 Å². The molecule has 1 aromatic heterocycles. The highest BCUT2D eigenvalue weighted by Gasteiger charge is 2.41. The van der Waals surface area contributed by atoms with Crippen molar-refractivity contribution < 1.29 is 13.6 Å². The zero-order chi connectivity index (χ0) is 14.6. The third-order valence-electron chi connectivity index (χ3n) is 3.39. The summed E-state index contributed by atoms with van der Waals surface area (Å²) in [5.41, 5.74) is 0. The second-order valence-electron chi connectivity index (χ2n) is 4.79. The normalized spacial score (nSPS) is 21.4. The van der Waals surface area contributed by atoms with Gasteiger partial charge in [-0.25, -0.2) is 18.3 Å². The van der Waals surface area contributed by atoms with Crippen LogP contribution < -0.4 is 16.0 Å². The van der Waals surface area contributed by atoms with Crippen LogP contribution in [0.5, 0.6) is 0 Å². The molecule has 1 aliphatic rings. The molecular weight excluding hydrogens is 268 g/mol. The van der Waals surface area contributed by atoms with Crippen LogP contribution in [0.3, 0.4) is 0 Å². The molecule has 112 valence electrons. The van der Waals surface area contributed by atoms with Crippen LogP contribution in [0.1, 0.15) is 13.3 Å². The first kappa shape index (κ1) is 14.7. The van der Waals surface area contributed by atoms with Gasteiger partial charge >= 0.3 is 6.03 Å². The molecule has 0 aromatic carbocycles. The lowest BCUT2D eigenvalue weighted by atomic mass is 9.94. The van der Waals surface area contributed by atoms with E-state index >= 15 is 0 Å². The van der Waals surface area contributed by atoms with Crippen molar-refractivity contribution in [1.82, 2.24) is 20.4 Å². The molecule has 2 rings (SSSR count). The quantitative estimate of drug-likeness (QED) is 0.781. The molecule has 1 fully saturated rings. The number of hydrogen-bond donors (Lipinski definition) is 3. The largest absolute Gasteiger partial charge is 0.337 e. The lowest BCUT2D eigenvalue weighted by Gasteiger charge is -2.31. The van der Waals surface area contributed by atoms with Crippen molar-refractivity contribution >= 4 is 11.8 Å². The molecule has 2 heterocycles. The molecule has 3 N–H and O–H groups in total. The maximum atomic E-state index is 13.6. The van der Waals surface area contributed by atoms with Gasteiger partial charge in [0.1, 0.15) is 5.82 Å². The summed E-state index contributed by atoms with van der Waals surface area (Å²) in [6.45, 7) is 2.69. The van der Waals surface area contributed by atoms with Gasteiger partial charge in [-0.3, -0.25) is 5.32 Å². The van der Waals surface area contributed by atoms with Crippen LogP contribution in [0.2, 0.25) is 0 Å². The zero-order valence-corrected chi connectivity index (χ0v) is 11.3. The number of nitrogens with zero attached hydrogens (tertiary/aromatic N) is 2. The van der Waals surface area contributed by atoms with Gasteiger partial charge in [0, 0.05) is 25.1 Å². The van der Waals surface area contributed by atoms with E-state index in [2.05, 4.69) is 21.0 Å². The second kappa shape index (κ2) is 6.17. The summed E-state index contributed by atoms with van der Waals surface area (Å²) in [5, 5.41) is 11.8. The minimum atomic E-state index is -2.78. The number of anilines is 1. The Hall–Kier alpha value is -1.70. The Kier molecular flexibility index (Phi) is 4.53. The maximum Gasteiger partial charge on any atom is 0.320 e. The van der Waals surface area contributed by atoms with Crippen LogP contribution in [0, 0.1) is 5.92 Å². The van der Waals surface area contributed by atoms with Crippen LogP contribution in [0.25, 0.3) is 0 Å². The lowest BCUT2D eigenvalue weighted by Crippen LogP contribution is -2.50. The predicted octanol–water partition coefficient (Wildman–Crippen LogP) is 1.27. The number of nitrogens with one attached hydrogen (secondary N) is 3. The summed E-state index contributed by atoms with van der Waals surface area (Å²) in [4.78, 5) is 11.7. The molecule has 0 radical (unpaired) electrons. The highest BCUT2D eigenvalue weighted by atomic mass is 19.3. The number of carbonyl (C=O) groups is 1. The number of piperidine rings is 1. The van der Waals surface area contributed by atoms with Crippen LogP contribution >= 0.6 is 0 Å². The monoisotopic (exact) mass is 287 g/mol. The first-order chi connectivity index (χ1) is 9.53. The van der Waals surface area contributed by atoms with E-state index in [1.807, 2.05) is 6.92 Å². The average Bonchev–Trinajstić information content (AvgIpc) is 2.84. The maximum absolute atomic E-state index is 13.6. The number of aromatic nitrogens is 2. The van der Waals surface area contributed by atoms with Gasteiger partial charge in [0.15, 0.2) is 0 Å². The van der Waals surface area contributed by atoms with Gasteiger partial charge in [-0.1, -0.05) is 0 Å². The third kappa shape index (κ3) is 3.44. The van der Waals surface area contributed by atoms with Crippen molar-refractivity contribution in [3.63, 3.8) is 0 Å². The van der Waals surface area contributed by atoms with Crippen molar-refractivity contribution in [2.75, 3.05) is 25.0 Å². The Morgan fingerprint density at radius 2 is 2.45 bits per heavy atom. The van der Waals surface area contributed by atoms with E-state index in [1.54, 1.807) is 16.9 Å². The molecular formula is C12H19F2N5O. The van der Waals surface area contributed by atoms with Crippen LogP contribution in [0.15, 0.2) is 12.3 Å². The molecule has 0 bridgehead atoms. The van der Waals surface area contributed by atoms with E-state index in [0.717, 1.165) is 0 Å². The standard InChI is InChI=1S/C12H19F2N5O/c1-2-19-10(4-6-17-19)18-11(20)16-7-9-3-5-15-8-12(9,13)14/h4,6,9,15H,2-3,5,7-8H2,1H3,(H2,16,18,20).